The van der Waals surface area contributed by atoms with Crippen molar-refractivity contribution in [1.82, 2.24) is 19.8 Å². The van der Waals surface area contributed by atoms with Gasteiger partial charge in [0, 0.05) is 58.0 Å². The molecule has 0 unspecified atom stereocenters. The van der Waals surface area contributed by atoms with Gasteiger partial charge in [-0.2, -0.15) is 0 Å². The largest absolute Gasteiger partial charge is 0.356 e. The Morgan fingerprint density at radius 3 is 2.35 bits per heavy atom. The summed E-state index contributed by atoms with van der Waals surface area (Å²) in [4.78, 5) is 27.3. The number of hydrogen-bond acceptors (Lipinski definition) is 4. The van der Waals surface area contributed by atoms with Gasteiger partial charge >= 0.3 is 6.03 Å². The Kier molecular flexibility index (Phi) is 4.41. The molecule has 126 valence electrons. The summed E-state index contributed by atoms with van der Waals surface area (Å²) in [6.07, 6.45) is 4.42. The summed E-state index contributed by atoms with van der Waals surface area (Å²) in [6, 6.07) is 2.48. The van der Waals surface area contributed by atoms with Gasteiger partial charge in [0.2, 0.25) is 0 Å². The van der Waals surface area contributed by atoms with E-state index in [1.807, 2.05) is 18.9 Å². The number of aromatic nitrogens is 2. The minimum Gasteiger partial charge on any atom is -0.356 e. The first-order valence-electron chi connectivity index (χ1n) is 8.50. The maximum atomic E-state index is 12.1. The van der Waals surface area contributed by atoms with E-state index in [2.05, 4.69) is 16.0 Å². The lowest BCUT2D eigenvalue weighted by Crippen LogP contribution is -2.48. The summed E-state index contributed by atoms with van der Waals surface area (Å²) in [6.45, 7) is 3.93. The molecule has 1 aliphatic heterocycles. The Labute approximate surface area is 138 Å². The Morgan fingerprint density at radius 1 is 1.13 bits per heavy atom. The average Bonchev–Trinajstić information content (AvgIpc) is 3.38. The van der Waals surface area contributed by atoms with Crippen molar-refractivity contribution >= 4 is 11.8 Å². The summed E-state index contributed by atoms with van der Waals surface area (Å²) in [7, 11) is 5.51. The van der Waals surface area contributed by atoms with Gasteiger partial charge in [0.25, 0.3) is 0 Å². The lowest BCUT2D eigenvalue weighted by atomic mass is 10.0. The number of piperidine rings is 1. The number of urea groups is 1. The molecule has 1 saturated heterocycles. The van der Waals surface area contributed by atoms with E-state index in [1.165, 1.54) is 12.8 Å². The molecular formula is C17H27N5O. The lowest BCUT2D eigenvalue weighted by molar-refractivity contribution is 0.155. The second-order valence-electron chi connectivity index (χ2n) is 7.01. The van der Waals surface area contributed by atoms with E-state index < -0.39 is 0 Å². The number of carbonyl (C=O) groups excluding carboxylic acids is 1. The zero-order valence-electron chi connectivity index (χ0n) is 14.6. The molecule has 1 saturated carbocycles. The molecule has 0 radical (unpaired) electrons. The average molecular weight is 317 g/mol. The maximum Gasteiger partial charge on any atom is 0.319 e. The van der Waals surface area contributed by atoms with Crippen LogP contribution in [0.15, 0.2) is 6.07 Å². The first-order chi connectivity index (χ1) is 11.0. The van der Waals surface area contributed by atoms with Crippen LogP contribution in [-0.2, 0) is 0 Å². The minimum atomic E-state index is 0.0809. The summed E-state index contributed by atoms with van der Waals surface area (Å²) in [5.41, 5.74) is 1.05. The van der Waals surface area contributed by atoms with Crippen LogP contribution in [0.1, 0.15) is 43.1 Å². The molecule has 2 fully saturated rings. The molecule has 1 aromatic rings. The molecule has 1 aliphatic carbocycles. The number of nitrogens with zero attached hydrogens (tertiary/aromatic N) is 5. The Bertz CT molecular complexity index is 576. The van der Waals surface area contributed by atoms with Crippen molar-refractivity contribution in [3.63, 3.8) is 0 Å². The molecule has 6 nitrogen and oxygen atoms in total. The van der Waals surface area contributed by atoms with Crippen LogP contribution in [-0.4, -0.2) is 66.1 Å². The van der Waals surface area contributed by atoms with E-state index in [1.54, 1.807) is 19.0 Å². The van der Waals surface area contributed by atoms with Crippen molar-refractivity contribution in [3.8, 4) is 0 Å². The van der Waals surface area contributed by atoms with Gasteiger partial charge in [-0.15, -0.1) is 0 Å². The molecule has 2 aliphatic rings. The van der Waals surface area contributed by atoms with Crippen LogP contribution in [0, 0.1) is 6.92 Å². The molecule has 3 rings (SSSR count). The van der Waals surface area contributed by atoms with Crippen LogP contribution >= 0.6 is 0 Å². The topological polar surface area (TPSA) is 52.6 Å². The number of carbonyl (C=O) groups is 1. The van der Waals surface area contributed by atoms with Crippen molar-refractivity contribution in [2.24, 2.45) is 0 Å². The zero-order valence-corrected chi connectivity index (χ0v) is 14.6. The van der Waals surface area contributed by atoms with Crippen molar-refractivity contribution in [2.75, 3.05) is 39.1 Å². The van der Waals surface area contributed by atoms with Gasteiger partial charge in [-0.05, 0) is 32.6 Å². The number of hydrogen-bond donors (Lipinski definition) is 0. The van der Waals surface area contributed by atoms with Crippen molar-refractivity contribution in [1.29, 1.82) is 0 Å². The molecule has 0 atom stereocenters. The molecule has 1 aromatic heterocycles. The standard InChI is InChI=1S/C17H27N5O/c1-12-11-15(19-16(18-12)13-5-6-13)22-9-7-14(8-10-22)21(4)17(23)20(2)3/h11,13-14H,5-10H2,1-4H3. The Morgan fingerprint density at radius 2 is 1.78 bits per heavy atom. The smallest absolute Gasteiger partial charge is 0.319 e. The Balaban J connectivity index is 1.64. The number of anilines is 1. The summed E-state index contributed by atoms with van der Waals surface area (Å²) < 4.78 is 0. The molecule has 0 aromatic carbocycles. The van der Waals surface area contributed by atoms with E-state index in [4.69, 9.17) is 4.98 Å². The van der Waals surface area contributed by atoms with Gasteiger partial charge in [0.1, 0.15) is 11.6 Å². The number of amides is 2. The van der Waals surface area contributed by atoms with E-state index >= 15 is 0 Å². The molecule has 6 heteroatoms. The van der Waals surface area contributed by atoms with E-state index in [0.29, 0.717) is 12.0 Å². The van der Waals surface area contributed by atoms with Crippen LogP contribution in [0.5, 0.6) is 0 Å². The first-order valence-corrected chi connectivity index (χ1v) is 8.50. The van der Waals surface area contributed by atoms with Crippen molar-refractivity contribution < 1.29 is 4.79 Å². The molecule has 2 amide bonds. The van der Waals surface area contributed by atoms with Crippen molar-refractivity contribution in [3.05, 3.63) is 17.6 Å². The number of rotatable bonds is 3. The van der Waals surface area contributed by atoms with Gasteiger partial charge < -0.3 is 14.7 Å². The highest BCUT2D eigenvalue weighted by molar-refractivity contribution is 5.73. The molecule has 2 heterocycles. The normalized spacial score (nSPS) is 18.9. The maximum absolute atomic E-state index is 12.1. The second kappa shape index (κ2) is 6.34. The molecule has 0 spiro atoms. The lowest BCUT2D eigenvalue weighted by Gasteiger charge is -2.38. The first kappa shape index (κ1) is 16.0. The highest BCUT2D eigenvalue weighted by Crippen LogP contribution is 2.38. The van der Waals surface area contributed by atoms with Gasteiger partial charge in [-0.3, -0.25) is 0 Å². The molecular weight excluding hydrogens is 290 g/mol. The van der Waals surface area contributed by atoms with Crippen LogP contribution in [0.3, 0.4) is 0 Å². The fraction of sp³-hybridized carbons (Fsp3) is 0.706. The zero-order chi connectivity index (χ0) is 16.6. The third-order valence-electron chi connectivity index (χ3n) is 4.82. The van der Waals surface area contributed by atoms with E-state index in [9.17, 15) is 4.79 Å². The third kappa shape index (κ3) is 3.57. The Hall–Kier alpha value is -1.85. The van der Waals surface area contributed by atoms with Crippen LogP contribution < -0.4 is 4.90 Å². The summed E-state index contributed by atoms with van der Waals surface area (Å²) >= 11 is 0. The predicted molar refractivity (Wildman–Crippen MR) is 90.8 cm³/mol. The van der Waals surface area contributed by atoms with Crippen LogP contribution in [0.4, 0.5) is 10.6 Å². The fourth-order valence-corrected chi connectivity index (χ4v) is 3.21. The monoisotopic (exact) mass is 317 g/mol. The second-order valence-corrected chi connectivity index (χ2v) is 7.01. The van der Waals surface area contributed by atoms with Gasteiger partial charge in [0.15, 0.2) is 0 Å². The minimum absolute atomic E-state index is 0.0809. The van der Waals surface area contributed by atoms with E-state index in [-0.39, 0.29) is 6.03 Å². The van der Waals surface area contributed by atoms with Gasteiger partial charge in [-0.25, -0.2) is 14.8 Å². The van der Waals surface area contributed by atoms with E-state index in [0.717, 1.165) is 43.3 Å². The number of aryl methyl sites for hydroxylation is 1. The predicted octanol–water partition coefficient (Wildman–Crippen LogP) is 2.24. The van der Waals surface area contributed by atoms with Crippen molar-refractivity contribution in [2.45, 2.75) is 44.6 Å². The van der Waals surface area contributed by atoms with Gasteiger partial charge in [0.05, 0.1) is 0 Å². The summed E-state index contributed by atoms with van der Waals surface area (Å²) in [5, 5.41) is 0. The SMILES string of the molecule is Cc1cc(N2CCC(N(C)C(=O)N(C)C)CC2)nc(C2CC2)n1. The van der Waals surface area contributed by atoms with Crippen LogP contribution in [0.2, 0.25) is 0 Å². The molecule has 23 heavy (non-hydrogen) atoms. The molecule has 0 bridgehead atoms. The molecule has 0 N–H and O–H groups in total. The van der Waals surface area contributed by atoms with Gasteiger partial charge in [-0.1, -0.05) is 0 Å². The highest BCUT2D eigenvalue weighted by atomic mass is 16.2. The summed E-state index contributed by atoms with van der Waals surface area (Å²) in [5.74, 6) is 2.65. The quantitative estimate of drug-likeness (QED) is 0.858. The fourth-order valence-electron chi connectivity index (χ4n) is 3.21. The highest BCUT2D eigenvalue weighted by Gasteiger charge is 2.29. The van der Waals surface area contributed by atoms with Crippen LogP contribution in [0.25, 0.3) is 0 Å². The third-order valence-corrected chi connectivity index (χ3v) is 4.82.